The molecular weight excluding hydrogens is 241 g/mol. The highest BCUT2D eigenvalue weighted by Crippen LogP contribution is 2.22. The molecular formula is C16H12FNO. The normalized spacial score (nSPS) is 10.8. The molecule has 2 nitrogen and oxygen atoms in total. The summed E-state index contributed by atoms with van der Waals surface area (Å²) in [5, 5.41) is 0.813. The minimum absolute atomic E-state index is 0.116. The number of carbonyl (C=O) groups is 1. The lowest BCUT2D eigenvalue weighted by Gasteiger charge is -2.03. The minimum atomic E-state index is -0.485. The van der Waals surface area contributed by atoms with Crippen LogP contribution in [0.5, 0.6) is 0 Å². The number of hydrogen-bond acceptors (Lipinski definition) is 1. The van der Waals surface area contributed by atoms with Crippen molar-refractivity contribution in [1.82, 2.24) is 4.98 Å². The second-order valence-electron chi connectivity index (χ2n) is 4.56. The van der Waals surface area contributed by atoms with Gasteiger partial charge in [-0.25, -0.2) is 4.39 Å². The predicted molar refractivity (Wildman–Crippen MR) is 72.9 cm³/mol. The van der Waals surface area contributed by atoms with Gasteiger partial charge in [0.25, 0.3) is 0 Å². The van der Waals surface area contributed by atoms with Crippen LogP contribution in [0, 0.1) is 12.7 Å². The number of aromatic nitrogens is 1. The van der Waals surface area contributed by atoms with E-state index in [9.17, 15) is 9.18 Å². The van der Waals surface area contributed by atoms with Gasteiger partial charge in [-0.3, -0.25) is 4.79 Å². The molecule has 3 heteroatoms. The lowest BCUT2D eigenvalue weighted by Crippen LogP contribution is -2.04. The fraction of sp³-hybridized carbons (Fsp3) is 0.0625. The van der Waals surface area contributed by atoms with Gasteiger partial charge in [0.15, 0.2) is 5.78 Å². The SMILES string of the molecule is Cc1ccc(F)c(C(=O)c2c[nH]c3ccccc23)c1. The summed E-state index contributed by atoms with van der Waals surface area (Å²) in [6, 6.07) is 12.1. The Morgan fingerprint density at radius 2 is 1.89 bits per heavy atom. The Kier molecular flexibility index (Phi) is 2.67. The quantitative estimate of drug-likeness (QED) is 0.691. The fourth-order valence-corrected chi connectivity index (χ4v) is 2.22. The van der Waals surface area contributed by atoms with E-state index >= 15 is 0 Å². The third-order valence-electron chi connectivity index (χ3n) is 3.20. The first-order chi connectivity index (χ1) is 9.16. The number of benzene rings is 2. The van der Waals surface area contributed by atoms with E-state index < -0.39 is 5.82 Å². The van der Waals surface area contributed by atoms with Gasteiger partial charge in [-0.05, 0) is 25.1 Å². The Balaban J connectivity index is 2.16. The van der Waals surface area contributed by atoms with Crippen molar-refractivity contribution in [3.05, 3.63) is 71.2 Å². The van der Waals surface area contributed by atoms with Crippen LogP contribution in [0.4, 0.5) is 4.39 Å². The zero-order valence-corrected chi connectivity index (χ0v) is 10.4. The van der Waals surface area contributed by atoms with Crippen molar-refractivity contribution < 1.29 is 9.18 Å². The molecule has 0 bridgehead atoms. The second kappa shape index (κ2) is 4.35. The Labute approximate surface area is 109 Å². The van der Waals surface area contributed by atoms with Crippen molar-refractivity contribution in [2.45, 2.75) is 6.92 Å². The lowest BCUT2D eigenvalue weighted by atomic mass is 10.0. The third-order valence-corrected chi connectivity index (χ3v) is 3.20. The van der Waals surface area contributed by atoms with E-state index in [1.54, 1.807) is 18.3 Å². The van der Waals surface area contributed by atoms with Crippen LogP contribution in [0.3, 0.4) is 0 Å². The average Bonchev–Trinajstić information content (AvgIpc) is 2.84. The maximum atomic E-state index is 13.8. The van der Waals surface area contributed by atoms with Gasteiger partial charge in [-0.15, -0.1) is 0 Å². The molecule has 19 heavy (non-hydrogen) atoms. The molecule has 2 aromatic carbocycles. The van der Waals surface area contributed by atoms with E-state index in [0.29, 0.717) is 5.56 Å². The monoisotopic (exact) mass is 253 g/mol. The Morgan fingerprint density at radius 1 is 1.11 bits per heavy atom. The molecule has 0 unspecified atom stereocenters. The number of H-pyrrole nitrogens is 1. The van der Waals surface area contributed by atoms with Crippen molar-refractivity contribution >= 4 is 16.7 Å². The summed E-state index contributed by atoms with van der Waals surface area (Å²) >= 11 is 0. The molecule has 0 spiro atoms. The summed E-state index contributed by atoms with van der Waals surface area (Å²) in [4.78, 5) is 15.5. The van der Waals surface area contributed by atoms with Gasteiger partial charge in [-0.1, -0.05) is 29.8 Å². The van der Waals surface area contributed by atoms with Gasteiger partial charge in [0, 0.05) is 22.7 Å². The summed E-state index contributed by atoms with van der Waals surface area (Å²) in [5.41, 5.74) is 2.35. The van der Waals surface area contributed by atoms with Crippen LogP contribution in [0.15, 0.2) is 48.7 Å². The summed E-state index contributed by atoms with van der Waals surface area (Å²) < 4.78 is 13.8. The highest BCUT2D eigenvalue weighted by atomic mass is 19.1. The molecule has 1 heterocycles. The number of hydrogen-bond donors (Lipinski definition) is 1. The van der Waals surface area contributed by atoms with Crippen LogP contribution in [-0.2, 0) is 0 Å². The van der Waals surface area contributed by atoms with Gasteiger partial charge in [-0.2, -0.15) is 0 Å². The second-order valence-corrected chi connectivity index (χ2v) is 4.56. The number of ketones is 1. The van der Waals surface area contributed by atoms with Crippen LogP contribution >= 0.6 is 0 Å². The molecule has 0 fully saturated rings. The molecule has 3 aromatic rings. The van der Waals surface area contributed by atoms with Crippen molar-refractivity contribution in [1.29, 1.82) is 0 Å². The van der Waals surface area contributed by atoms with Crippen LogP contribution in [0.25, 0.3) is 10.9 Å². The van der Waals surface area contributed by atoms with Crippen molar-refractivity contribution in [2.24, 2.45) is 0 Å². The van der Waals surface area contributed by atoms with E-state index in [0.717, 1.165) is 16.5 Å². The molecule has 3 rings (SSSR count). The van der Waals surface area contributed by atoms with Crippen LogP contribution in [-0.4, -0.2) is 10.8 Å². The van der Waals surface area contributed by atoms with Crippen LogP contribution in [0.1, 0.15) is 21.5 Å². The number of rotatable bonds is 2. The third kappa shape index (κ3) is 1.93. The molecule has 1 N–H and O–H groups in total. The largest absolute Gasteiger partial charge is 0.360 e. The fourth-order valence-electron chi connectivity index (χ4n) is 2.22. The van der Waals surface area contributed by atoms with Crippen LogP contribution in [0.2, 0.25) is 0 Å². The van der Waals surface area contributed by atoms with E-state index in [2.05, 4.69) is 4.98 Å². The summed E-state index contributed by atoms with van der Waals surface area (Å²) in [7, 11) is 0. The molecule has 0 amide bonds. The molecule has 1 aromatic heterocycles. The van der Waals surface area contributed by atoms with Gasteiger partial charge < -0.3 is 4.98 Å². The predicted octanol–water partition coefficient (Wildman–Crippen LogP) is 3.85. The number of carbonyl (C=O) groups excluding carboxylic acids is 1. The first-order valence-electron chi connectivity index (χ1n) is 6.04. The number of para-hydroxylation sites is 1. The molecule has 0 aliphatic carbocycles. The van der Waals surface area contributed by atoms with Crippen molar-refractivity contribution in [3.8, 4) is 0 Å². The lowest BCUT2D eigenvalue weighted by molar-refractivity contribution is 0.103. The Hall–Kier alpha value is -2.42. The molecule has 94 valence electrons. The first-order valence-corrected chi connectivity index (χ1v) is 6.04. The summed E-state index contributed by atoms with van der Waals surface area (Å²) in [5.74, 6) is -0.778. The zero-order valence-electron chi connectivity index (χ0n) is 10.4. The van der Waals surface area contributed by atoms with Gasteiger partial charge in [0.05, 0.1) is 5.56 Å². The van der Waals surface area contributed by atoms with Crippen LogP contribution < -0.4 is 0 Å². The summed E-state index contributed by atoms with van der Waals surface area (Å²) in [6.07, 6.45) is 1.63. The van der Waals surface area contributed by atoms with Crippen molar-refractivity contribution in [2.75, 3.05) is 0 Å². The number of nitrogens with one attached hydrogen (secondary N) is 1. The highest BCUT2D eigenvalue weighted by molar-refractivity contribution is 6.16. The maximum absolute atomic E-state index is 13.8. The first kappa shape index (κ1) is 11.7. The average molecular weight is 253 g/mol. The maximum Gasteiger partial charge on any atom is 0.198 e. The standard InChI is InChI=1S/C16H12FNO/c1-10-6-7-14(17)12(8-10)16(19)13-9-18-15-5-3-2-4-11(13)15/h2-9,18H,1H3. The molecule has 0 saturated heterocycles. The molecule has 0 atom stereocenters. The molecule has 0 saturated carbocycles. The Bertz CT molecular complexity index is 773. The highest BCUT2D eigenvalue weighted by Gasteiger charge is 2.17. The molecule has 0 aliphatic heterocycles. The van der Waals surface area contributed by atoms with Gasteiger partial charge >= 0.3 is 0 Å². The molecule has 0 aliphatic rings. The number of aryl methyl sites for hydroxylation is 1. The van der Waals surface area contributed by atoms with E-state index in [-0.39, 0.29) is 11.3 Å². The zero-order chi connectivity index (χ0) is 13.4. The number of aromatic amines is 1. The van der Waals surface area contributed by atoms with E-state index in [4.69, 9.17) is 0 Å². The van der Waals surface area contributed by atoms with E-state index in [1.807, 2.05) is 31.2 Å². The topological polar surface area (TPSA) is 32.9 Å². The van der Waals surface area contributed by atoms with E-state index in [1.165, 1.54) is 6.07 Å². The molecule has 0 radical (unpaired) electrons. The minimum Gasteiger partial charge on any atom is -0.360 e. The Morgan fingerprint density at radius 3 is 2.74 bits per heavy atom. The number of halogens is 1. The van der Waals surface area contributed by atoms with Crippen molar-refractivity contribution in [3.63, 3.8) is 0 Å². The number of fused-ring (bicyclic) bond motifs is 1. The van der Waals surface area contributed by atoms with Gasteiger partial charge in [0.1, 0.15) is 5.82 Å². The summed E-state index contributed by atoms with van der Waals surface area (Å²) in [6.45, 7) is 1.84. The van der Waals surface area contributed by atoms with Gasteiger partial charge in [0.2, 0.25) is 0 Å². The smallest absolute Gasteiger partial charge is 0.198 e.